The maximum Gasteiger partial charge on any atom is 0.306 e. The smallest absolute Gasteiger partial charge is 0.306 e. The molecular weight excluding hydrogens is 604 g/mol. The molecule has 1 atom stereocenters. The molecule has 0 aromatic heterocycles. The van der Waals surface area contributed by atoms with Crippen LogP contribution in [-0.4, -0.2) is 37.0 Å². The fourth-order valence-electron chi connectivity index (χ4n) is 5.77. The number of aliphatic hydroxyl groups excluding tert-OH is 1. The third kappa shape index (κ3) is 40.4. The molecule has 0 fully saturated rings. The summed E-state index contributed by atoms with van der Waals surface area (Å²) in [5.41, 5.74) is 0. The second-order valence-corrected chi connectivity index (χ2v) is 13.7. The molecule has 0 bridgehead atoms. The molecule has 0 spiro atoms. The number of esters is 1. The maximum absolute atomic E-state index is 12.2. The van der Waals surface area contributed by atoms with Gasteiger partial charge in [-0.05, 0) is 57.8 Å². The summed E-state index contributed by atoms with van der Waals surface area (Å²) in [5.74, 6) is -0.212. The molecule has 4 heteroatoms. The Hall–Kier alpha value is -1.91. The lowest BCUT2D eigenvalue weighted by atomic mass is 10.0. The summed E-state index contributed by atoms with van der Waals surface area (Å²) >= 11 is 0. The van der Waals surface area contributed by atoms with Gasteiger partial charge in [0.15, 0.2) is 0 Å². The highest BCUT2D eigenvalue weighted by atomic mass is 16.6. The summed E-state index contributed by atoms with van der Waals surface area (Å²) in [6.45, 7) is 5.23. The Bertz CT molecular complexity index is 809. The Labute approximate surface area is 305 Å². The monoisotopic (exact) mass is 685 g/mol. The SMILES string of the molecule is CC/C=C\C/C=C\C/C=C\C/C=C\C/C=C\CCCCCCCCCC(=O)OC(CO)COCCCCCCCCCCCCCCCC. The molecule has 284 valence electrons. The van der Waals surface area contributed by atoms with Crippen LogP contribution in [-0.2, 0) is 14.3 Å². The first-order valence-electron chi connectivity index (χ1n) is 20.9. The number of hydrogen-bond acceptors (Lipinski definition) is 4. The van der Waals surface area contributed by atoms with Crippen molar-refractivity contribution in [2.45, 2.75) is 200 Å². The van der Waals surface area contributed by atoms with Crippen molar-refractivity contribution in [1.82, 2.24) is 0 Å². The van der Waals surface area contributed by atoms with E-state index in [0.29, 0.717) is 19.6 Å². The molecule has 0 aromatic carbocycles. The molecule has 0 aromatic rings. The molecule has 0 radical (unpaired) electrons. The van der Waals surface area contributed by atoms with Crippen LogP contribution in [0.2, 0.25) is 0 Å². The predicted molar refractivity (Wildman–Crippen MR) is 214 cm³/mol. The Kier molecular flexibility index (Phi) is 40.6. The van der Waals surface area contributed by atoms with E-state index in [-0.39, 0.29) is 12.6 Å². The molecule has 0 rings (SSSR count). The van der Waals surface area contributed by atoms with Crippen LogP contribution in [0.1, 0.15) is 194 Å². The van der Waals surface area contributed by atoms with Crippen LogP contribution in [0.5, 0.6) is 0 Å². The second kappa shape index (κ2) is 42.3. The van der Waals surface area contributed by atoms with Crippen LogP contribution < -0.4 is 0 Å². The number of unbranched alkanes of at least 4 members (excludes halogenated alkanes) is 20. The van der Waals surface area contributed by atoms with Crippen molar-refractivity contribution < 1.29 is 19.4 Å². The maximum atomic E-state index is 12.2. The number of rotatable bonds is 38. The van der Waals surface area contributed by atoms with Gasteiger partial charge in [-0.2, -0.15) is 0 Å². The number of carbonyl (C=O) groups excluding carboxylic acids is 1. The number of aliphatic hydroxyl groups is 1. The minimum Gasteiger partial charge on any atom is -0.457 e. The van der Waals surface area contributed by atoms with Crippen LogP contribution in [0.25, 0.3) is 0 Å². The standard InChI is InChI=1S/C45H80O4/c1-3-5-7-9-11-13-15-17-19-20-21-22-23-24-25-26-27-28-30-32-34-36-38-40-45(47)49-44(42-46)43-48-41-39-37-35-33-31-29-18-16-14-12-10-8-6-4-2/h5,7,11,13,17,19,21-22,24-25,44,46H,3-4,6,8-10,12,14-16,18,20,23,26-43H2,1-2H3/b7-5-,13-11-,19-17-,22-21-,25-24-. The zero-order valence-electron chi connectivity index (χ0n) is 32.4. The predicted octanol–water partition coefficient (Wildman–Crippen LogP) is 13.7. The fraction of sp³-hybridized carbons (Fsp3) is 0.756. The average Bonchev–Trinajstić information content (AvgIpc) is 3.11. The van der Waals surface area contributed by atoms with Gasteiger partial charge in [-0.1, -0.05) is 190 Å². The van der Waals surface area contributed by atoms with Gasteiger partial charge in [-0.25, -0.2) is 0 Å². The van der Waals surface area contributed by atoms with E-state index in [9.17, 15) is 9.90 Å². The molecular formula is C45H80O4. The van der Waals surface area contributed by atoms with E-state index in [0.717, 1.165) is 57.8 Å². The van der Waals surface area contributed by atoms with Gasteiger partial charge in [0.2, 0.25) is 0 Å². The van der Waals surface area contributed by atoms with Gasteiger partial charge in [-0.15, -0.1) is 0 Å². The molecule has 0 saturated heterocycles. The summed E-state index contributed by atoms with van der Waals surface area (Å²) in [4.78, 5) is 12.2. The van der Waals surface area contributed by atoms with Crippen LogP contribution in [0.4, 0.5) is 0 Å². The molecule has 0 aliphatic rings. The summed E-state index contributed by atoms with van der Waals surface area (Å²) in [6, 6.07) is 0. The Morgan fingerprint density at radius 1 is 0.510 bits per heavy atom. The molecule has 1 unspecified atom stereocenters. The van der Waals surface area contributed by atoms with E-state index in [1.165, 1.54) is 116 Å². The summed E-state index contributed by atoms with van der Waals surface area (Å²) in [7, 11) is 0. The van der Waals surface area contributed by atoms with Gasteiger partial charge < -0.3 is 14.6 Å². The van der Waals surface area contributed by atoms with Crippen LogP contribution in [0, 0.1) is 0 Å². The molecule has 4 nitrogen and oxygen atoms in total. The van der Waals surface area contributed by atoms with Gasteiger partial charge >= 0.3 is 5.97 Å². The molecule has 49 heavy (non-hydrogen) atoms. The number of carbonyl (C=O) groups is 1. The molecule has 1 N–H and O–H groups in total. The topological polar surface area (TPSA) is 55.8 Å². The van der Waals surface area contributed by atoms with Gasteiger partial charge in [0.1, 0.15) is 6.10 Å². The zero-order valence-corrected chi connectivity index (χ0v) is 32.4. The number of allylic oxidation sites excluding steroid dienone is 10. The second-order valence-electron chi connectivity index (χ2n) is 13.7. The molecule has 0 amide bonds. The van der Waals surface area contributed by atoms with Crippen molar-refractivity contribution in [3.8, 4) is 0 Å². The molecule has 0 heterocycles. The van der Waals surface area contributed by atoms with Crippen molar-refractivity contribution in [1.29, 1.82) is 0 Å². The number of hydrogen-bond donors (Lipinski definition) is 1. The fourth-order valence-corrected chi connectivity index (χ4v) is 5.77. The quantitative estimate of drug-likeness (QED) is 0.0399. The van der Waals surface area contributed by atoms with Crippen LogP contribution >= 0.6 is 0 Å². The lowest BCUT2D eigenvalue weighted by molar-refractivity contribution is -0.154. The highest BCUT2D eigenvalue weighted by Gasteiger charge is 2.13. The third-order valence-corrected chi connectivity index (χ3v) is 8.86. The van der Waals surface area contributed by atoms with Gasteiger partial charge in [0.05, 0.1) is 13.2 Å². The van der Waals surface area contributed by atoms with Crippen molar-refractivity contribution in [3.63, 3.8) is 0 Å². The third-order valence-electron chi connectivity index (χ3n) is 8.86. The van der Waals surface area contributed by atoms with Gasteiger partial charge in [0, 0.05) is 13.0 Å². The van der Waals surface area contributed by atoms with E-state index in [4.69, 9.17) is 9.47 Å². The summed E-state index contributed by atoms with van der Waals surface area (Å²) < 4.78 is 11.1. The van der Waals surface area contributed by atoms with Crippen LogP contribution in [0.15, 0.2) is 60.8 Å². The Balaban J connectivity index is 3.49. The lowest BCUT2D eigenvalue weighted by Gasteiger charge is -2.16. The van der Waals surface area contributed by atoms with E-state index in [1.54, 1.807) is 0 Å². The first-order chi connectivity index (χ1) is 24.2. The number of ether oxygens (including phenoxy) is 2. The van der Waals surface area contributed by atoms with E-state index in [1.807, 2.05) is 0 Å². The molecule has 0 saturated carbocycles. The minimum absolute atomic E-state index is 0.176. The van der Waals surface area contributed by atoms with Crippen molar-refractivity contribution in [3.05, 3.63) is 60.8 Å². The van der Waals surface area contributed by atoms with Crippen molar-refractivity contribution in [2.75, 3.05) is 19.8 Å². The zero-order chi connectivity index (χ0) is 35.6. The summed E-state index contributed by atoms with van der Waals surface area (Å²) in [6.07, 6.45) is 55.6. The van der Waals surface area contributed by atoms with Gasteiger partial charge in [-0.3, -0.25) is 4.79 Å². The van der Waals surface area contributed by atoms with Crippen molar-refractivity contribution in [2.24, 2.45) is 0 Å². The normalized spacial score (nSPS) is 13.0. The van der Waals surface area contributed by atoms with E-state index >= 15 is 0 Å². The van der Waals surface area contributed by atoms with Gasteiger partial charge in [0.25, 0.3) is 0 Å². The highest BCUT2D eigenvalue weighted by Crippen LogP contribution is 2.14. The van der Waals surface area contributed by atoms with Crippen molar-refractivity contribution >= 4 is 5.97 Å². The average molecular weight is 685 g/mol. The van der Waals surface area contributed by atoms with E-state index < -0.39 is 6.10 Å². The molecule has 0 aliphatic heterocycles. The van der Waals surface area contributed by atoms with E-state index in [2.05, 4.69) is 74.6 Å². The lowest BCUT2D eigenvalue weighted by Crippen LogP contribution is -2.27. The summed E-state index contributed by atoms with van der Waals surface area (Å²) in [5, 5.41) is 9.59. The Morgan fingerprint density at radius 3 is 1.39 bits per heavy atom. The largest absolute Gasteiger partial charge is 0.457 e. The highest BCUT2D eigenvalue weighted by molar-refractivity contribution is 5.69. The first kappa shape index (κ1) is 47.1. The molecule has 0 aliphatic carbocycles. The Morgan fingerprint density at radius 2 is 0.918 bits per heavy atom. The minimum atomic E-state index is -0.540. The first-order valence-corrected chi connectivity index (χ1v) is 20.9. The van der Waals surface area contributed by atoms with Crippen LogP contribution in [0.3, 0.4) is 0 Å².